The molecule has 1 heterocycles. The number of carbonyl (C=O) groups excluding carboxylic acids is 2. The molecule has 0 bridgehead atoms. The van der Waals surface area contributed by atoms with Crippen LogP contribution in [0.2, 0.25) is 0 Å². The first-order chi connectivity index (χ1) is 11.2. The van der Waals surface area contributed by atoms with Crippen LogP contribution in [-0.2, 0) is 16.0 Å². The number of aromatic nitrogens is 1. The Morgan fingerprint density at radius 1 is 1.35 bits per heavy atom. The smallest absolute Gasteiger partial charge is 0.321 e. The fourth-order valence-corrected chi connectivity index (χ4v) is 3.24. The lowest BCUT2D eigenvalue weighted by Gasteiger charge is -2.22. The highest BCUT2D eigenvalue weighted by molar-refractivity contribution is 7.13. The van der Waals surface area contributed by atoms with Crippen LogP contribution in [0.5, 0.6) is 0 Å². The number of rotatable bonds is 7. The van der Waals surface area contributed by atoms with E-state index in [9.17, 15) is 9.59 Å². The van der Waals surface area contributed by atoms with Gasteiger partial charge in [-0.2, -0.15) is 0 Å². The molecule has 1 aliphatic carbocycles. The molecule has 7 nitrogen and oxygen atoms in total. The molecule has 0 saturated heterocycles. The summed E-state index contributed by atoms with van der Waals surface area (Å²) in [5.41, 5.74) is 0.651. The molecule has 0 aliphatic heterocycles. The second-order valence-electron chi connectivity index (χ2n) is 5.60. The SMILES string of the molecule is COCCNC(=O)Cc1csc(NC(=O)NC2CCCCC2)n1. The summed E-state index contributed by atoms with van der Waals surface area (Å²) in [6.45, 7) is 0.964. The third kappa shape index (κ3) is 6.54. The first-order valence-corrected chi connectivity index (χ1v) is 8.83. The van der Waals surface area contributed by atoms with Crippen molar-refractivity contribution in [2.24, 2.45) is 0 Å². The Balaban J connectivity index is 1.73. The van der Waals surface area contributed by atoms with E-state index in [4.69, 9.17) is 4.74 Å². The van der Waals surface area contributed by atoms with Crippen LogP contribution in [0, 0.1) is 0 Å². The van der Waals surface area contributed by atoms with Gasteiger partial charge in [-0.3, -0.25) is 10.1 Å². The molecule has 2 rings (SSSR count). The molecule has 128 valence electrons. The lowest BCUT2D eigenvalue weighted by molar-refractivity contribution is -0.120. The van der Waals surface area contributed by atoms with Gasteiger partial charge in [-0.05, 0) is 12.8 Å². The third-order valence-corrected chi connectivity index (χ3v) is 4.49. The van der Waals surface area contributed by atoms with Gasteiger partial charge in [-0.25, -0.2) is 9.78 Å². The lowest BCUT2D eigenvalue weighted by atomic mass is 9.96. The summed E-state index contributed by atoms with van der Waals surface area (Å²) in [4.78, 5) is 27.9. The second-order valence-corrected chi connectivity index (χ2v) is 6.46. The van der Waals surface area contributed by atoms with Gasteiger partial charge in [-0.15, -0.1) is 11.3 Å². The predicted octanol–water partition coefficient (Wildman–Crippen LogP) is 1.90. The minimum atomic E-state index is -0.220. The zero-order chi connectivity index (χ0) is 16.5. The highest BCUT2D eigenvalue weighted by Crippen LogP contribution is 2.18. The standard InChI is InChI=1S/C15H24N4O3S/c1-22-8-7-16-13(20)9-12-10-23-15(18-12)19-14(21)17-11-5-3-2-4-6-11/h10-11H,2-9H2,1H3,(H,16,20)(H2,17,18,19,21). The minimum Gasteiger partial charge on any atom is -0.383 e. The summed E-state index contributed by atoms with van der Waals surface area (Å²) < 4.78 is 4.87. The van der Waals surface area contributed by atoms with E-state index in [0.29, 0.717) is 24.0 Å². The number of methoxy groups -OCH3 is 1. The molecular weight excluding hydrogens is 316 g/mol. The van der Waals surface area contributed by atoms with Gasteiger partial charge >= 0.3 is 6.03 Å². The molecule has 23 heavy (non-hydrogen) atoms. The zero-order valence-electron chi connectivity index (χ0n) is 13.4. The van der Waals surface area contributed by atoms with E-state index in [1.807, 2.05) is 0 Å². The maximum absolute atomic E-state index is 11.9. The molecule has 1 aromatic heterocycles. The molecule has 0 unspecified atom stereocenters. The number of anilines is 1. The Labute approximate surface area is 140 Å². The van der Waals surface area contributed by atoms with Crippen LogP contribution in [0.25, 0.3) is 0 Å². The van der Waals surface area contributed by atoms with Gasteiger partial charge < -0.3 is 15.4 Å². The first kappa shape index (κ1) is 17.7. The van der Waals surface area contributed by atoms with Gasteiger partial charge in [0.05, 0.1) is 18.7 Å². The van der Waals surface area contributed by atoms with Gasteiger partial charge in [0, 0.05) is 25.1 Å². The van der Waals surface area contributed by atoms with Crippen LogP contribution in [0.1, 0.15) is 37.8 Å². The number of nitrogens with zero attached hydrogens (tertiary/aromatic N) is 1. The van der Waals surface area contributed by atoms with Crippen molar-refractivity contribution in [3.05, 3.63) is 11.1 Å². The number of amides is 3. The third-order valence-electron chi connectivity index (χ3n) is 3.68. The molecule has 1 fully saturated rings. The number of urea groups is 1. The fraction of sp³-hybridized carbons (Fsp3) is 0.667. The molecular formula is C15H24N4O3S. The van der Waals surface area contributed by atoms with Crippen LogP contribution in [0.4, 0.5) is 9.93 Å². The summed E-state index contributed by atoms with van der Waals surface area (Å²) in [5.74, 6) is -0.106. The molecule has 0 spiro atoms. The largest absolute Gasteiger partial charge is 0.383 e. The van der Waals surface area contributed by atoms with Gasteiger partial charge in [0.15, 0.2) is 5.13 Å². The lowest BCUT2D eigenvalue weighted by Crippen LogP contribution is -2.39. The van der Waals surface area contributed by atoms with Gasteiger partial charge in [0.2, 0.25) is 5.91 Å². The predicted molar refractivity (Wildman–Crippen MR) is 89.7 cm³/mol. The van der Waals surface area contributed by atoms with Gasteiger partial charge in [0.25, 0.3) is 0 Å². The summed E-state index contributed by atoms with van der Waals surface area (Å²) in [7, 11) is 1.59. The van der Waals surface area contributed by atoms with Crippen molar-refractivity contribution in [1.82, 2.24) is 15.6 Å². The Bertz CT molecular complexity index is 515. The number of hydrogen-bond donors (Lipinski definition) is 3. The van der Waals surface area contributed by atoms with Crippen molar-refractivity contribution in [2.45, 2.75) is 44.6 Å². The van der Waals surface area contributed by atoms with E-state index in [2.05, 4.69) is 20.9 Å². The Morgan fingerprint density at radius 3 is 2.87 bits per heavy atom. The maximum atomic E-state index is 11.9. The average Bonchev–Trinajstić information content (AvgIpc) is 2.95. The van der Waals surface area contributed by atoms with Crippen LogP contribution in [0.15, 0.2) is 5.38 Å². The number of thiazole rings is 1. The molecule has 1 aliphatic rings. The fourth-order valence-electron chi connectivity index (χ4n) is 2.53. The summed E-state index contributed by atoms with van der Waals surface area (Å²) in [5, 5.41) is 10.7. The number of hydrogen-bond acceptors (Lipinski definition) is 5. The van der Waals surface area contributed by atoms with Crippen LogP contribution >= 0.6 is 11.3 Å². The maximum Gasteiger partial charge on any atom is 0.321 e. The molecule has 1 saturated carbocycles. The topological polar surface area (TPSA) is 92.4 Å². The van der Waals surface area contributed by atoms with Crippen molar-refractivity contribution in [1.29, 1.82) is 0 Å². The van der Waals surface area contributed by atoms with Crippen molar-refractivity contribution in [2.75, 3.05) is 25.6 Å². The normalized spacial score (nSPS) is 15.2. The second kappa shape index (κ2) is 9.46. The molecule has 1 aromatic rings. The zero-order valence-corrected chi connectivity index (χ0v) is 14.2. The van der Waals surface area contributed by atoms with Crippen LogP contribution in [0.3, 0.4) is 0 Å². The van der Waals surface area contributed by atoms with Crippen molar-refractivity contribution in [3.8, 4) is 0 Å². The van der Waals surface area contributed by atoms with Gasteiger partial charge in [-0.1, -0.05) is 19.3 Å². The van der Waals surface area contributed by atoms with E-state index in [1.165, 1.54) is 30.6 Å². The van der Waals surface area contributed by atoms with Crippen LogP contribution < -0.4 is 16.0 Å². The van der Waals surface area contributed by atoms with Crippen molar-refractivity contribution < 1.29 is 14.3 Å². The molecule has 0 radical (unpaired) electrons. The molecule has 8 heteroatoms. The Kier molecular flexibility index (Phi) is 7.28. The van der Waals surface area contributed by atoms with Crippen LogP contribution in [-0.4, -0.2) is 43.2 Å². The number of nitrogens with one attached hydrogen (secondary N) is 3. The number of ether oxygens (including phenoxy) is 1. The monoisotopic (exact) mass is 340 g/mol. The van der Waals surface area contributed by atoms with E-state index < -0.39 is 0 Å². The summed E-state index contributed by atoms with van der Waals surface area (Å²) in [6, 6.07) is 0.0390. The summed E-state index contributed by atoms with van der Waals surface area (Å²) in [6.07, 6.45) is 5.87. The first-order valence-electron chi connectivity index (χ1n) is 7.95. The molecule has 3 amide bonds. The average molecular weight is 340 g/mol. The van der Waals surface area contributed by atoms with Crippen molar-refractivity contribution in [3.63, 3.8) is 0 Å². The Hall–Kier alpha value is -1.67. The molecule has 3 N–H and O–H groups in total. The van der Waals surface area contributed by atoms with E-state index in [-0.39, 0.29) is 24.4 Å². The number of carbonyl (C=O) groups is 2. The molecule has 0 atom stereocenters. The van der Waals surface area contributed by atoms with E-state index in [1.54, 1.807) is 12.5 Å². The summed E-state index contributed by atoms with van der Waals surface area (Å²) >= 11 is 1.32. The highest BCUT2D eigenvalue weighted by atomic mass is 32.1. The Morgan fingerprint density at radius 2 is 2.13 bits per heavy atom. The van der Waals surface area contributed by atoms with Gasteiger partial charge in [0.1, 0.15) is 0 Å². The van der Waals surface area contributed by atoms with E-state index in [0.717, 1.165) is 12.8 Å². The molecule has 0 aromatic carbocycles. The quantitative estimate of drug-likeness (QED) is 0.661. The van der Waals surface area contributed by atoms with E-state index >= 15 is 0 Å². The highest BCUT2D eigenvalue weighted by Gasteiger charge is 2.16. The minimum absolute atomic E-state index is 0.106. The van der Waals surface area contributed by atoms with Crippen molar-refractivity contribution >= 4 is 28.4 Å².